The predicted molar refractivity (Wildman–Crippen MR) is 106 cm³/mol. The minimum atomic E-state index is -3.72. The van der Waals surface area contributed by atoms with Gasteiger partial charge in [0.1, 0.15) is 5.75 Å². The first kappa shape index (κ1) is 19.6. The lowest BCUT2D eigenvalue weighted by Crippen LogP contribution is -2.53. The Kier molecular flexibility index (Phi) is 5.14. The van der Waals surface area contributed by atoms with Crippen molar-refractivity contribution < 1.29 is 22.7 Å². The Labute approximate surface area is 169 Å². The topological polar surface area (TPSA) is 84.0 Å². The summed E-state index contributed by atoms with van der Waals surface area (Å²) in [6.45, 7) is 2.43. The van der Waals surface area contributed by atoms with Crippen molar-refractivity contribution in [2.24, 2.45) is 0 Å². The summed E-state index contributed by atoms with van der Waals surface area (Å²) in [6.07, 6.45) is -0.0199. The van der Waals surface area contributed by atoms with Gasteiger partial charge in [0.25, 0.3) is 5.91 Å². The van der Waals surface area contributed by atoms with Gasteiger partial charge in [-0.15, -0.1) is 0 Å². The molecule has 1 saturated heterocycles. The van der Waals surface area contributed by atoms with Crippen LogP contribution in [0.5, 0.6) is 5.75 Å². The van der Waals surface area contributed by atoms with Crippen LogP contribution in [0.25, 0.3) is 0 Å². The molecule has 0 N–H and O–H groups in total. The van der Waals surface area contributed by atoms with E-state index >= 15 is 0 Å². The monoisotopic (exact) mass is 414 g/mol. The van der Waals surface area contributed by atoms with Gasteiger partial charge in [-0.25, -0.2) is 8.42 Å². The van der Waals surface area contributed by atoms with Gasteiger partial charge in [-0.1, -0.05) is 30.3 Å². The number of sulfonamides is 1. The quantitative estimate of drug-likeness (QED) is 0.712. The molecule has 29 heavy (non-hydrogen) atoms. The normalized spacial score (nSPS) is 19.5. The van der Waals surface area contributed by atoms with Gasteiger partial charge in [0, 0.05) is 38.2 Å². The van der Waals surface area contributed by atoms with Crippen LogP contribution in [-0.2, 0) is 21.2 Å². The second-order valence-corrected chi connectivity index (χ2v) is 9.17. The molecule has 2 aliphatic rings. The van der Waals surface area contributed by atoms with Gasteiger partial charge < -0.3 is 9.64 Å². The summed E-state index contributed by atoms with van der Waals surface area (Å²) in [4.78, 5) is 26.1. The van der Waals surface area contributed by atoms with Crippen LogP contribution in [0.3, 0.4) is 0 Å². The zero-order valence-corrected chi connectivity index (χ0v) is 16.9. The van der Waals surface area contributed by atoms with Crippen LogP contribution in [-0.4, -0.2) is 61.6 Å². The molecule has 2 heterocycles. The second-order valence-electron chi connectivity index (χ2n) is 7.23. The Morgan fingerprint density at radius 1 is 1.00 bits per heavy atom. The van der Waals surface area contributed by atoms with Crippen molar-refractivity contribution in [2.45, 2.75) is 24.3 Å². The molecular weight excluding hydrogens is 392 g/mol. The van der Waals surface area contributed by atoms with E-state index in [1.807, 2.05) is 24.3 Å². The highest BCUT2D eigenvalue weighted by Gasteiger charge is 2.36. The fraction of sp³-hybridized carbons (Fsp3) is 0.333. The van der Waals surface area contributed by atoms with Crippen molar-refractivity contribution in [1.29, 1.82) is 0 Å². The summed E-state index contributed by atoms with van der Waals surface area (Å²) in [7, 11) is -3.72. The molecule has 1 fully saturated rings. The SMILES string of the molecule is CC(=O)c1cccc(S(=O)(=O)N2CCN(C(=O)[C@H]3Cc4ccccc4O3)CC2)c1. The van der Waals surface area contributed by atoms with Crippen LogP contribution >= 0.6 is 0 Å². The third kappa shape index (κ3) is 3.77. The van der Waals surface area contributed by atoms with Crippen LogP contribution in [0.4, 0.5) is 0 Å². The van der Waals surface area contributed by atoms with Crippen LogP contribution in [0.15, 0.2) is 53.4 Å². The number of amides is 1. The molecule has 0 saturated carbocycles. The van der Waals surface area contributed by atoms with Crippen LogP contribution < -0.4 is 4.74 Å². The first-order valence-electron chi connectivity index (χ1n) is 9.51. The van der Waals surface area contributed by atoms with E-state index in [4.69, 9.17) is 4.74 Å². The highest BCUT2D eigenvalue weighted by Crippen LogP contribution is 2.29. The molecule has 0 spiro atoms. The van der Waals surface area contributed by atoms with E-state index in [0.717, 1.165) is 11.3 Å². The average Bonchev–Trinajstić information content (AvgIpc) is 3.17. The number of hydrogen-bond donors (Lipinski definition) is 0. The summed E-state index contributed by atoms with van der Waals surface area (Å²) in [5.74, 6) is 0.435. The number of fused-ring (bicyclic) bond motifs is 1. The molecule has 8 heteroatoms. The van der Waals surface area contributed by atoms with Crippen LogP contribution in [0.2, 0.25) is 0 Å². The first-order valence-corrected chi connectivity index (χ1v) is 10.9. The number of para-hydroxylation sites is 1. The van der Waals surface area contributed by atoms with Gasteiger partial charge in [-0.3, -0.25) is 9.59 Å². The number of ketones is 1. The van der Waals surface area contributed by atoms with Crippen molar-refractivity contribution >= 4 is 21.7 Å². The zero-order valence-electron chi connectivity index (χ0n) is 16.1. The van der Waals surface area contributed by atoms with E-state index in [1.54, 1.807) is 17.0 Å². The number of Topliss-reactive ketones (excluding diaryl/α,β-unsaturated/α-hetero) is 1. The van der Waals surface area contributed by atoms with E-state index in [2.05, 4.69) is 0 Å². The standard InChI is InChI=1S/C21H22N2O5S/c1-15(24)16-6-4-7-18(13-16)29(26,27)23-11-9-22(10-12-23)21(25)20-14-17-5-2-3-8-19(17)28-20/h2-8,13,20H,9-12,14H2,1H3/t20-/m1/s1. The molecule has 0 unspecified atom stereocenters. The van der Waals surface area contributed by atoms with Crippen molar-refractivity contribution in [3.05, 3.63) is 59.7 Å². The maximum Gasteiger partial charge on any atom is 0.264 e. The highest BCUT2D eigenvalue weighted by atomic mass is 32.2. The summed E-state index contributed by atoms with van der Waals surface area (Å²) in [5.41, 5.74) is 1.37. The summed E-state index contributed by atoms with van der Waals surface area (Å²) in [5, 5.41) is 0. The molecule has 0 aliphatic carbocycles. The molecule has 1 atom stereocenters. The molecule has 2 aromatic carbocycles. The second kappa shape index (κ2) is 7.61. The third-order valence-corrected chi connectivity index (χ3v) is 7.25. The van der Waals surface area contributed by atoms with E-state index in [1.165, 1.54) is 23.4 Å². The van der Waals surface area contributed by atoms with E-state index < -0.39 is 16.1 Å². The number of benzene rings is 2. The number of piperazine rings is 1. The number of carbonyl (C=O) groups excluding carboxylic acids is 2. The third-order valence-electron chi connectivity index (χ3n) is 5.35. The molecule has 7 nitrogen and oxygen atoms in total. The van der Waals surface area contributed by atoms with Crippen LogP contribution in [0, 0.1) is 0 Å². The van der Waals surface area contributed by atoms with Gasteiger partial charge in [-0.2, -0.15) is 4.31 Å². The fourth-order valence-electron chi connectivity index (χ4n) is 3.70. The highest BCUT2D eigenvalue weighted by molar-refractivity contribution is 7.89. The number of carbonyl (C=O) groups is 2. The minimum Gasteiger partial charge on any atom is -0.480 e. The molecule has 152 valence electrons. The summed E-state index contributed by atoms with van der Waals surface area (Å²) < 4.78 is 33.0. The molecular formula is C21H22N2O5S. The molecule has 0 aromatic heterocycles. The van der Waals surface area contributed by atoms with Gasteiger partial charge in [0.05, 0.1) is 4.90 Å². The van der Waals surface area contributed by atoms with Gasteiger partial charge >= 0.3 is 0 Å². The maximum atomic E-state index is 12.9. The Bertz CT molecular complexity index is 1030. The Morgan fingerprint density at radius 2 is 1.72 bits per heavy atom. The van der Waals surface area contributed by atoms with Gasteiger partial charge in [-0.05, 0) is 30.7 Å². The predicted octanol–water partition coefficient (Wildman–Crippen LogP) is 1.73. The Balaban J connectivity index is 1.41. The average molecular weight is 414 g/mol. The van der Waals surface area contributed by atoms with Crippen molar-refractivity contribution in [2.75, 3.05) is 26.2 Å². The molecule has 0 bridgehead atoms. The molecule has 2 aliphatic heterocycles. The first-order chi connectivity index (χ1) is 13.9. The number of nitrogens with zero attached hydrogens (tertiary/aromatic N) is 2. The maximum absolute atomic E-state index is 12.9. The lowest BCUT2D eigenvalue weighted by atomic mass is 10.1. The number of rotatable bonds is 4. The Hall–Kier alpha value is -2.71. The van der Waals surface area contributed by atoms with Gasteiger partial charge in [0.15, 0.2) is 11.9 Å². The zero-order chi connectivity index (χ0) is 20.6. The smallest absolute Gasteiger partial charge is 0.264 e. The van der Waals surface area contributed by atoms with Crippen molar-refractivity contribution in [1.82, 2.24) is 9.21 Å². The lowest BCUT2D eigenvalue weighted by Gasteiger charge is -2.35. The van der Waals surface area contributed by atoms with Crippen LogP contribution in [0.1, 0.15) is 22.8 Å². The number of hydrogen-bond acceptors (Lipinski definition) is 5. The molecule has 2 aromatic rings. The van der Waals surface area contributed by atoms with E-state index in [0.29, 0.717) is 25.1 Å². The fourth-order valence-corrected chi connectivity index (χ4v) is 5.17. The van der Waals surface area contributed by atoms with Crippen molar-refractivity contribution in [3.8, 4) is 5.75 Å². The minimum absolute atomic E-state index is 0.0968. The number of ether oxygens (including phenoxy) is 1. The summed E-state index contributed by atoms with van der Waals surface area (Å²) >= 11 is 0. The summed E-state index contributed by atoms with van der Waals surface area (Å²) in [6, 6.07) is 13.6. The largest absolute Gasteiger partial charge is 0.480 e. The van der Waals surface area contributed by atoms with E-state index in [-0.39, 0.29) is 29.7 Å². The molecule has 0 radical (unpaired) electrons. The molecule has 4 rings (SSSR count). The van der Waals surface area contributed by atoms with Gasteiger partial charge in [0.2, 0.25) is 10.0 Å². The molecule has 1 amide bonds. The van der Waals surface area contributed by atoms with E-state index in [9.17, 15) is 18.0 Å². The van der Waals surface area contributed by atoms with Crippen molar-refractivity contribution in [3.63, 3.8) is 0 Å². The lowest BCUT2D eigenvalue weighted by molar-refractivity contribution is -0.139. The Morgan fingerprint density at radius 3 is 2.41 bits per heavy atom.